The molecule has 0 aliphatic rings. The molecule has 0 saturated heterocycles. The third-order valence-corrected chi connectivity index (χ3v) is 2.91. The van der Waals surface area contributed by atoms with Gasteiger partial charge in [-0.25, -0.2) is 0 Å². The number of nitrogens with one attached hydrogen (secondary N) is 1. The fourth-order valence-corrected chi connectivity index (χ4v) is 1.65. The van der Waals surface area contributed by atoms with E-state index in [1.807, 2.05) is 34.6 Å². The lowest BCUT2D eigenvalue weighted by Crippen LogP contribution is -2.44. The van der Waals surface area contributed by atoms with Gasteiger partial charge < -0.3 is 11.1 Å². The quantitative estimate of drug-likeness (QED) is 0.749. The summed E-state index contributed by atoms with van der Waals surface area (Å²) in [5.41, 5.74) is 5.46. The van der Waals surface area contributed by atoms with E-state index >= 15 is 0 Å². The molecule has 2 unspecified atom stereocenters. The SMILES string of the molecule is CC(N)CSC(C)C(=O)NC(C)(C)C. The van der Waals surface area contributed by atoms with Crippen LogP contribution in [0, 0.1) is 0 Å². The maximum atomic E-state index is 11.6. The van der Waals surface area contributed by atoms with Gasteiger partial charge in [-0.1, -0.05) is 0 Å². The molecule has 0 bridgehead atoms. The van der Waals surface area contributed by atoms with Crippen LogP contribution in [0.5, 0.6) is 0 Å². The van der Waals surface area contributed by atoms with E-state index in [1.165, 1.54) is 0 Å². The van der Waals surface area contributed by atoms with E-state index in [0.717, 1.165) is 5.75 Å². The van der Waals surface area contributed by atoms with Crippen LogP contribution >= 0.6 is 11.8 Å². The molecule has 0 aromatic carbocycles. The Morgan fingerprint density at radius 2 is 1.93 bits per heavy atom. The summed E-state index contributed by atoms with van der Waals surface area (Å²) in [6.45, 7) is 9.80. The largest absolute Gasteiger partial charge is 0.351 e. The van der Waals surface area contributed by atoms with Gasteiger partial charge in [0.25, 0.3) is 0 Å². The van der Waals surface area contributed by atoms with Crippen molar-refractivity contribution < 1.29 is 4.79 Å². The predicted molar refractivity (Wildman–Crippen MR) is 63.5 cm³/mol. The number of amides is 1. The van der Waals surface area contributed by atoms with Crippen LogP contribution in [0.25, 0.3) is 0 Å². The van der Waals surface area contributed by atoms with Gasteiger partial charge >= 0.3 is 0 Å². The van der Waals surface area contributed by atoms with E-state index in [1.54, 1.807) is 11.8 Å². The summed E-state index contributed by atoms with van der Waals surface area (Å²) in [5.74, 6) is 0.904. The van der Waals surface area contributed by atoms with E-state index in [4.69, 9.17) is 5.73 Å². The Hall–Kier alpha value is -0.220. The van der Waals surface area contributed by atoms with Crippen molar-refractivity contribution in [2.75, 3.05) is 5.75 Å². The normalized spacial score (nSPS) is 16.1. The van der Waals surface area contributed by atoms with E-state index in [9.17, 15) is 4.79 Å². The van der Waals surface area contributed by atoms with E-state index in [-0.39, 0.29) is 22.7 Å². The fourth-order valence-electron chi connectivity index (χ4n) is 0.843. The number of hydrogen-bond acceptors (Lipinski definition) is 3. The number of carbonyl (C=O) groups is 1. The molecule has 0 fully saturated rings. The van der Waals surface area contributed by atoms with Crippen LogP contribution in [-0.2, 0) is 4.79 Å². The van der Waals surface area contributed by atoms with Gasteiger partial charge in [0, 0.05) is 17.3 Å². The van der Waals surface area contributed by atoms with Gasteiger partial charge in [0.2, 0.25) is 5.91 Å². The maximum absolute atomic E-state index is 11.6. The Kier molecular flexibility index (Phi) is 5.52. The van der Waals surface area contributed by atoms with Gasteiger partial charge in [0.05, 0.1) is 5.25 Å². The van der Waals surface area contributed by atoms with Crippen molar-refractivity contribution in [3.8, 4) is 0 Å². The molecule has 0 heterocycles. The lowest BCUT2D eigenvalue weighted by molar-refractivity contribution is -0.121. The Balaban J connectivity index is 3.88. The molecule has 0 aromatic heterocycles. The summed E-state index contributed by atoms with van der Waals surface area (Å²) in [6, 6.07) is 0.143. The first kappa shape index (κ1) is 13.8. The van der Waals surface area contributed by atoms with Crippen molar-refractivity contribution in [3.63, 3.8) is 0 Å². The molecule has 0 saturated carbocycles. The van der Waals surface area contributed by atoms with Gasteiger partial charge in [-0.2, -0.15) is 0 Å². The molecule has 0 rings (SSSR count). The Bertz CT molecular complexity index is 187. The molecule has 0 aromatic rings. The van der Waals surface area contributed by atoms with Crippen molar-refractivity contribution in [1.29, 1.82) is 0 Å². The molecule has 3 N–H and O–H groups in total. The Morgan fingerprint density at radius 1 is 1.43 bits per heavy atom. The molecule has 3 nitrogen and oxygen atoms in total. The highest BCUT2D eigenvalue weighted by molar-refractivity contribution is 8.00. The van der Waals surface area contributed by atoms with Crippen LogP contribution in [0.3, 0.4) is 0 Å². The molecule has 0 spiro atoms. The monoisotopic (exact) mass is 218 g/mol. The standard InChI is InChI=1S/C10H22N2OS/c1-7(11)6-14-8(2)9(13)12-10(3,4)5/h7-8H,6,11H2,1-5H3,(H,12,13). The van der Waals surface area contributed by atoms with E-state index < -0.39 is 0 Å². The zero-order valence-electron chi connectivity index (χ0n) is 9.76. The number of rotatable bonds is 4. The third kappa shape index (κ3) is 7.21. The molecule has 4 heteroatoms. The number of carbonyl (C=O) groups excluding carboxylic acids is 1. The van der Waals surface area contributed by atoms with Crippen molar-refractivity contribution >= 4 is 17.7 Å². The summed E-state index contributed by atoms with van der Waals surface area (Å²) in [6.07, 6.45) is 0. The second-order valence-corrected chi connectivity index (χ2v) is 6.07. The molecule has 0 aliphatic carbocycles. The van der Waals surface area contributed by atoms with Crippen molar-refractivity contribution in [2.24, 2.45) is 5.73 Å². The zero-order chi connectivity index (χ0) is 11.4. The second-order valence-electron chi connectivity index (χ2n) is 4.69. The lowest BCUT2D eigenvalue weighted by Gasteiger charge is -2.23. The van der Waals surface area contributed by atoms with Crippen LogP contribution in [0.1, 0.15) is 34.6 Å². The van der Waals surface area contributed by atoms with Crippen molar-refractivity contribution in [1.82, 2.24) is 5.32 Å². The minimum absolute atomic E-state index is 0.0276. The molecular formula is C10H22N2OS. The van der Waals surface area contributed by atoms with Crippen LogP contribution < -0.4 is 11.1 Å². The molecule has 2 atom stereocenters. The molecule has 1 amide bonds. The molecule has 0 radical (unpaired) electrons. The predicted octanol–water partition coefficient (Wildman–Crippen LogP) is 1.37. The summed E-state index contributed by atoms with van der Waals surface area (Å²) in [4.78, 5) is 11.6. The summed E-state index contributed by atoms with van der Waals surface area (Å²) < 4.78 is 0. The Morgan fingerprint density at radius 3 is 2.29 bits per heavy atom. The first-order chi connectivity index (χ1) is 6.22. The average Bonchev–Trinajstić information content (AvgIpc) is 1.96. The van der Waals surface area contributed by atoms with Crippen LogP contribution in [0.4, 0.5) is 0 Å². The minimum atomic E-state index is -0.153. The summed E-state index contributed by atoms with van der Waals surface area (Å²) in [5, 5.41) is 2.91. The summed E-state index contributed by atoms with van der Waals surface area (Å²) >= 11 is 1.60. The highest BCUT2D eigenvalue weighted by Crippen LogP contribution is 2.12. The first-order valence-corrected chi connectivity index (χ1v) is 5.96. The van der Waals surface area contributed by atoms with E-state index in [2.05, 4.69) is 5.32 Å². The van der Waals surface area contributed by atoms with Gasteiger partial charge in [-0.05, 0) is 34.6 Å². The topological polar surface area (TPSA) is 55.1 Å². The maximum Gasteiger partial charge on any atom is 0.233 e. The van der Waals surface area contributed by atoms with Gasteiger partial charge in [0.1, 0.15) is 0 Å². The summed E-state index contributed by atoms with van der Waals surface area (Å²) in [7, 11) is 0. The number of thioether (sulfide) groups is 1. The minimum Gasteiger partial charge on any atom is -0.351 e. The van der Waals surface area contributed by atoms with Gasteiger partial charge in [-0.15, -0.1) is 11.8 Å². The van der Waals surface area contributed by atoms with Gasteiger partial charge in [-0.3, -0.25) is 4.79 Å². The van der Waals surface area contributed by atoms with Gasteiger partial charge in [0.15, 0.2) is 0 Å². The zero-order valence-corrected chi connectivity index (χ0v) is 10.6. The third-order valence-electron chi connectivity index (χ3n) is 1.48. The highest BCUT2D eigenvalue weighted by atomic mass is 32.2. The number of hydrogen-bond donors (Lipinski definition) is 2. The molecular weight excluding hydrogens is 196 g/mol. The number of nitrogens with two attached hydrogens (primary N) is 1. The van der Waals surface area contributed by atoms with Crippen LogP contribution in [0.2, 0.25) is 0 Å². The lowest BCUT2D eigenvalue weighted by atomic mass is 10.1. The highest BCUT2D eigenvalue weighted by Gasteiger charge is 2.19. The average molecular weight is 218 g/mol. The van der Waals surface area contributed by atoms with Crippen molar-refractivity contribution in [2.45, 2.75) is 51.4 Å². The smallest absolute Gasteiger partial charge is 0.233 e. The molecule has 14 heavy (non-hydrogen) atoms. The van der Waals surface area contributed by atoms with Crippen molar-refractivity contribution in [3.05, 3.63) is 0 Å². The molecule has 0 aliphatic heterocycles. The van der Waals surface area contributed by atoms with Crippen LogP contribution in [0.15, 0.2) is 0 Å². The molecule has 84 valence electrons. The van der Waals surface area contributed by atoms with E-state index in [0.29, 0.717) is 0 Å². The first-order valence-electron chi connectivity index (χ1n) is 4.91. The second kappa shape index (κ2) is 5.61. The van der Waals surface area contributed by atoms with Crippen LogP contribution in [-0.4, -0.2) is 28.5 Å². The fraction of sp³-hybridized carbons (Fsp3) is 0.900. The Labute approximate surface area is 91.2 Å².